The quantitative estimate of drug-likeness (QED) is 0.448. The summed E-state index contributed by atoms with van der Waals surface area (Å²) in [6.07, 6.45) is 3.10. The van der Waals surface area contributed by atoms with E-state index >= 15 is 0 Å². The monoisotopic (exact) mass is 468 g/mol. The van der Waals surface area contributed by atoms with Crippen molar-refractivity contribution in [3.63, 3.8) is 0 Å². The summed E-state index contributed by atoms with van der Waals surface area (Å²) in [6, 6.07) is 1.52. The minimum Gasteiger partial charge on any atom is -0.460 e. The molecule has 2 aromatic heterocycles. The molecule has 2 aromatic rings. The lowest BCUT2D eigenvalue weighted by atomic mass is 9.99. The Balaban J connectivity index is 2.17. The maximum Gasteiger partial charge on any atom is 0.414 e. The second-order valence-electron chi connectivity index (χ2n) is 6.65. The van der Waals surface area contributed by atoms with E-state index in [2.05, 4.69) is 20.9 Å². The number of fused-ring (bicyclic) bond motifs is 1. The molecule has 9 heteroatoms. The molecule has 0 N–H and O–H groups in total. The van der Waals surface area contributed by atoms with Crippen LogP contribution >= 0.6 is 15.9 Å². The third kappa shape index (κ3) is 4.56. The number of aromatic nitrogens is 1. The van der Waals surface area contributed by atoms with E-state index in [-0.39, 0.29) is 31.1 Å². The van der Waals surface area contributed by atoms with Gasteiger partial charge < -0.3 is 18.6 Å². The predicted octanol–water partition coefficient (Wildman–Crippen LogP) is 4.69. The number of pyridine rings is 1. The van der Waals surface area contributed by atoms with Crippen molar-refractivity contribution in [2.45, 2.75) is 52.2 Å². The largest absolute Gasteiger partial charge is 0.460 e. The second kappa shape index (κ2) is 9.58. The van der Waals surface area contributed by atoms with E-state index in [0.29, 0.717) is 40.7 Å². The minimum atomic E-state index is -0.636. The Kier molecular flexibility index (Phi) is 7.13. The van der Waals surface area contributed by atoms with Gasteiger partial charge in [0.2, 0.25) is 5.76 Å². The summed E-state index contributed by atoms with van der Waals surface area (Å²) >= 11 is 3.35. The first-order valence-electron chi connectivity index (χ1n) is 9.82. The van der Waals surface area contributed by atoms with Crippen LogP contribution in [-0.2, 0) is 14.2 Å². The Hall–Kier alpha value is -2.13. The molecule has 3 heterocycles. The zero-order valence-electron chi connectivity index (χ0n) is 16.8. The number of ether oxygens (including phenoxy) is 3. The van der Waals surface area contributed by atoms with Crippen LogP contribution in [0.5, 0.6) is 0 Å². The van der Waals surface area contributed by atoms with Crippen LogP contribution in [0.4, 0.5) is 10.5 Å². The van der Waals surface area contributed by atoms with Gasteiger partial charge in [-0.15, -0.1) is 0 Å². The molecular weight excluding hydrogens is 444 g/mol. The highest BCUT2D eigenvalue weighted by Crippen LogP contribution is 2.39. The summed E-state index contributed by atoms with van der Waals surface area (Å²) < 4.78 is 22.6. The van der Waals surface area contributed by atoms with Gasteiger partial charge in [0, 0.05) is 18.0 Å². The number of hydrogen-bond acceptors (Lipinski definition) is 7. The number of halogens is 1. The first kappa shape index (κ1) is 21.6. The lowest BCUT2D eigenvalue weighted by Gasteiger charge is -2.36. The van der Waals surface area contributed by atoms with Crippen molar-refractivity contribution in [3.05, 3.63) is 22.6 Å². The van der Waals surface area contributed by atoms with E-state index in [4.69, 9.17) is 18.6 Å². The van der Waals surface area contributed by atoms with Crippen LogP contribution in [0.1, 0.15) is 50.6 Å². The Morgan fingerprint density at radius 3 is 2.72 bits per heavy atom. The summed E-state index contributed by atoms with van der Waals surface area (Å²) in [4.78, 5) is 31.4. The third-order valence-electron chi connectivity index (χ3n) is 4.84. The van der Waals surface area contributed by atoms with Crippen LogP contribution in [0.3, 0.4) is 0 Å². The maximum absolute atomic E-state index is 13.0. The van der Waals surface area contributed by atoms with Crippen LogP contribution in [0.2, 0.25) is 0 Å². The Morgan fingerprint density at radius 2 is 2.03 bits per heavy atom. The summed E-state index contributed by atoms with van der Waals surface area (Å²) in [5.74, 6) is -0.669. The van der Waals surface area contributed by atoms with Gasteiger partial charge in [0.25, 0.3) is 0 Å². The fourth-order valence-electron chi connectivity index (χ4n) is 3.53. The molecule has 1 amide bonds. The van der Waals surface area contributed by atoms with E-state index in [0.717, 1.165) is 6.42 Å². The number of carbonyl (C=O) groups excluding carboxylic acids is 2. The molecule has 29 heavy (non-hydrogen) atoms. The van der Waals surface area contributed by atoms with Crippen LogP contribution < -0.4 is 4.90 Å². The standard InChI is InChI=1S/C20H25BrN2O6/c1-4-13-9-12(7-8-28-13)23(20(25)27-6-3)17-14-10-16(21)22-11-15(14)29-18(17)19(24)26-5-2/h10-13H,4-9H2,1-3H3/t12-,13-/m1/s1. The second-order valence-corrected chi connectivity index (χ2v) is 7.46. The van der Waals surface area contributed by atoms with Gasteiger partial charge in [-0.3, -0.25) is 4.90 Å². The normalized spacial score (nSPS) is 19.2. The van der Waals surface area contributed by atoms with Gasteiger partial charge in [-0.1, -0.05) is 6.92 Å². The molecule has 1 aliphatic heterocycles. The molecule has 158 valence electrons. The van der Waals surface area contributed by atoms with Crippen molar-refractivity contribution < 1.29 is 28.2 Å². The fourth-order valence-corrected chi connectivity index (χ4v) is 3.86. The minimum absolute atomic E-state index is 0.0308. The number of rotatable bonds is 6. The van der Waals surface area contributed by atoms with E-state index in [9.17, 15) is 9.59 Å². The molecule has 1 fully saturated rings. The van der Waals surface area contributed by atoms with E-state index in [1.165, 1.54) is 11.1 Å². The number of furan rings is 1. The SMILES string of the molecule is CCOC(=O)c1oc2cnc(Br)cc2c1N(C(=O)OCC)[C@@H]1CCO[C@H](CC)C1. The summed E-state index contributed by atoms with van der Waals surface area (Å²) in [7, 11) is 0. The van der Waals surface area contributed by atoms with Crippen molar-refractivity contribution in [3.8, 4) is 0 Å². The van der Waals surface area contributed by atoms with Gasteiger partial charge in [0.1, 0.15) is 10.3 Å². The first-order chi connectivity index (χ1) is 14.0. The molecule has 0 spiro atoms. The van der Waals surface area contributed by atoms with Gasteiger partial charge >= 0.3 is 12.1 Å². The lowest BCUT2D eigenvalue weighted by molar-refractivity contribution is 0.00465. The van der Waals surface area contributed by atoms with Crippen LogP contribution in [0.25, 0.3) is 11.0 Å². The topological polar surface area (TPSA) is 91.1 Å². The molecule has 0 radical (unpaired) electrons. The van der Waals surface area contributed by atoms with Gasteiger partial charge in [0.05, 0.1) is 25.5 Å². The maximum atomic E-state index is 13.0. The van der Waals surface area contributed by atoms with Gasteiger partial charge in [-0.05, 0) is 55.1 Å². The van der Waals surface area contributed by atoms with Gasteiger partial charge in [-0.25, -0.2) is 14.6 Å². The van der Waals surface area contributed by atoms with Crippen molar-refractivity contribution >= 4 is 44.6 Å². The third-order valence-corrected chi connectivity index (χ3v) is 5.28. The average Bonchev–Trinajstić information content (AvgIpc) is 3.07. The number of carbonyl (C=O) groups is 2. The van der Waals surface area contributed by atoms with Gasteiger partial charge in [-0.2, -0.15) is 0 Å². The van der Waals surface area contributed by atoms with Crippen LogP contribution in [-0.4, -0.2) is 49.0 Å². The van der Waals surface area contributed by atoms with Crippen LogP contribution in [0, 0.1) is 0 Å². The van der Waals surface area contributed by atoms with Crippen molar-refractivity contribution in [1.29, 1.82) is 0 Å². The fraction of sp³-hybridized carbons (Fsp3) is 0.550. The van der Waals surface area contributed by atoms with E-state index < -0.39 is 12.1 Å². The van der Waals surface area contributed by atoms with Gasteiger partial charge in [0.15, 0.2) is 5.58 Å². The summed E-state index contributed by atoms with van der Waals surface area (Å²) in [6.45, 7) is 6.43. The van der Waals surface area contributed by atoms with E-state index in [1.807, 2.05) is 6.92 Å². The molecule has 0 bridgehead atoms. The highest BCUT2D eigenvalue weighted by atomic mass is 79.9. The number of nitrogens with zero attached hydrogens (tertiary/aromatic N) is 2. The molecule has 1 aliphatic rings. The van der Waals surface area contributed by atoms with Crippen molar-refractivity contribution in [2.75, 3.05) is 24.7 Å². The first-order valence-corrected chi connectivity index (χ1v) is 10.6. The van der Waals surface area contributed by atoms with Crippen LogP contribution in [0.15, 0.2) is 21.3 Å². The Bertz CT molecular complexity index is 883. The molecule has 0 aliphatic carbocycles. The zero-order chi connectivity index (χ0) is 21.0. The molecule has 3 rings (SSSR count). The van der Waals surface area contributed by atoms with E-state index in [1.54, 1.807) is 19.9 Å². The predicted molar refractivity (Wildman–Crippen MR) is 110 cm³/mol. The number of hydrogen-bond donors (Lipinski definition) is 0. The molecule has 0 unspecified atom stereocenters. The molecule has 1 saturated heterocycles. The highest BCUT2D eigenvalue weighted by molar-refractivity contribution is 9.10. The molecule has 8 nitrogen and oxygen atoms in total. The molecule has 0 saturated carbocycles. The Labute approximate surface area is 177 Å². The van der Waals surface area contributed by atoms with Crippen molar-refractivity contribution in [2.24, 2.45) is 0 Å². The number of anilines is 1. The lowest BCUT2D eigenvalue weighted by Crippen LogP contribution is -2.46. The summed E-state index contributed by atoms with van der Waals surface area (Å²) in [5.41, 5.74) is 0.737. The highest BCUT2D eigenvalue weighted by Gasteiger charge is 2.37. The number of amides is 1. The molecule has 2 atom stereocenters. The van der Waals surface area contributed by atoms with Crippen molar-refractivity contribution in [1.82, 2.24) is 4.98 Å². The zero-order valence-corrected chi connectivity index (χ0v) is 18.4. The molecular formula is C20H25BrN2O6. The molecule has 0 aromatic carbocycles. The summed E-state index contributed by atoms with van der Waals surface area (Å²) in [5, 5.41) is 0.586. The Morgan fingerprint density at radius 1 is 1.28 bits per heavy atom. The average molecular weight is 469 g/mol. The smallest absolute Gasteiger partial charge is 0.414 e. The number of esters is 1.